The molecule has 3 aromatic rings. The first kappa shape index (κ1) is 22.0. The molecule has 1 aromatic heterocycles. The van der Waals surface area contributed by atoms with Gasteiger partial charge in [0.2, 0.25) is 5.91 Å². The lowest BCUT2D eigenvalue weighted by Crippen LogP contribution is -2.34. The van der Waals surface area contributed by atoms with Crippen molar-refractivity contribution in [2.24, 2.45) is 5.92 Å². The Morgan fingerprint density at radius 3 is 2.41 bits per heavy atom. The summed E-state index contributed by atoms with van der Waals surface area (Å²) in [5.74, 6) is 0.574. The predicted octanol–water partition coefficient (Wildman–Crippen LogP) is 3.46. The fourth-order valence-corrected chi connectivity index (χ4v) is 4.06. The molecule has 1 amide bonds. The summed E-state index contributed by atoms with van der Waals surface area (Å²) in [6, 6.07) is 21.0. The summed E-state index contributed by atoms with van der Waals surface area (Å²) < 4.78 is 1.22. The van der Waals surface area contributed by atoms with Crippen molar-refractivity contribution in [3.05, 3.63) is 88.2 Å². The quantitative estimate of drug-likeness (QED) is 0.623. The number of aromatic nitrogens is 2. The number of rotatable bonds is 7. The van der Waals surface area contributed by atoms with Crippen LogP contribution in [-0.2, 0) is 24.4 Å². The molecule has 6 nitrogen and oxygen atoms in total. The van der Waals surface area contributed by atoms with Gasteiger partial charge in [0.25, 0.3) is 5.56 Å². The molecule has 1 aliphatic rings. The Hall–Kier alpha value is -3.25. The summed E-state index contributed by atoms with van der Waals surface area (Å²) in [7, 11) is 0. The van der Waals surface area contributed by atoms with Gasteiger partial charge in [0.15, 0.2) is 0 Å². The summed E-state index contributed by atoms with van der Waals surface area (Å²) in [5, 5.41) is 7.34. The minimum absolute atomic E-state index is 0.105. The lowest BCUT2D eigenvalue weighted by Gasteiger charge is -2.30. The van der Waals surface area contributed by atoms with Gasteiger partial charge in [0, 0.05) is 24.7 Å². The second-order valence-corrected chi connectivity index (χ2v) is 8.58. The first-order valence-electron chi connectivity index (χ1n) is 11.3. The van der Waals surface area contributed by atoms with Crippen LogP contribution >= 0.6 is 0 Å². The topological polar surface area (TPSA) is 67.2 Å². The first-order valence-corrected chi connectivity index (χ1v) is 11.3. The van der Waals surface area contributed by atoms with Crippen molar-refractivity contribution in [3.63, 3.8) is 0 Å². The summed E-state index contributed by atoms with van der Waals surface area (Å²) in [6.07, 6.45) is 2.48. The van der Waals surface area contributed by atoms with Crippen molar-refractivity contribution >= 4 is 5.91 Å². The normalized spacial score (nSPS) is 14.9. The van der Waals surface area contributed by atoms with Gasteiger partial charge >= 0.3 is 0 Å². The van der Waals surface area contributed by atoms with Crippen LogP contribution < -0.4 is 10.9 Å². The number of nitrogens with zero attached hydrogens (tertiary/aromatic N) is 3. The van der Waals surface area contributed by atoms with Gasteiger partial charge in [-0.15, -0.1) is 0 Å². The molecule has 2 aromatic carbocycles. The highest BCUT2D eigenvalue weighted by Gasteiger charge is 2.17. The molecule has 1 aliphatic heterocycles. The molecule has 0 radical (unpaired) electrons. The van der Waals surface area contributed by atoms with Crippen LogP contribution in [0.1, 0.15) is 30.9 Å². The van der Waals surface area contributed by atoms with E-state index in [0.29, 0.717) is 12.2 Å². The highest BCUT2D eigenvalue weighted by Crippen LogP contribution is 2.19. The SMILES string of the molecule is CC1CCN(Cc2ccccc2CNC(=O)Cn2nc(-c3ccccc3)ccc2=O)CC1. The molecule has 4 rings (SSSR count). The van der Waals surface area contributed by atoms with Crippen LogP contribution in [0, 0.1) is 5.92 Å². The van der Waals surface area contributed by atoms with E-state index in [2.05, 4.69) is 34.4 Å². The molecule has 0 atom stereocenters. The van der Waals surface area contributed by atoms with Gasteiger partial charge in [-0.1, -0.05) is 61.5 Å². The molecule has 1 N–H and O–H groups in total. The van der Waals surface area contributed by atoms with E-state index >= 15 is 0 Å². The summed E-state index contributed by atoms with van der Waals surface area (Å²) in [5.41, 5.74) is 3.63. The van der Waals surface area contributed by atoms with E-state index in [4.69, 9.17) is 0 Å². The lowest BCUT2D eigenvalue weighted by atomic mass is 9.98. The molecule has 1 fully saturated rings. The first-order chi connectivity index (χ1) is 15.6. The van der Waals surface area contributed by atoms with Crippen LogP contribution in [0.4, 0.5) is 0 Å². The molecule has 0 aliphatic carbocycles. The Labute approximate surface area is 188 Å². The van der Waals surface area contributed by atoms with Crippen LogP contribution in [0.3, 0.4) is 0 Å². The highest BCUT2D eigenvalue weighted by molar-refractivity contribution is 5.75. The van der Waals surface area contributed by atoms with Gasteiger partial charge in [-0.3, -0.25) is 14.5 Å². The third-order valence-corrected chi connectivity index (χ3v) is 6.09. The number of amides is 1. The zero-order valence-electron chi connectivity index (χ0n) is 18.5. The van der Waals surface area contributed by atoms with Crippen molar-refractivity contribution in [1.82, 2.24) is 20.0 Å². The average Bonchev–Trinajstić information content (AvgIpc) is 2.82. The number of likely N-dealkylation sites (tertiary alicyclic amines) is 1. The zero-order chi connectivity index (χ0) is 22.3. The minimum Gasteiger partial charge on any atom is -0.350 e. The van der Waals surface area contributed by atoms with E-state index in [1.807, 2.05) is 42.5 Å². The summed E-state index contributed by atoms with van der Waals surface area (Å²) in [6.45, 7) is 5.79. The molecular formula is C26H30N4O2. The van der Waals surface area contributed by atoms with E-state index in [1.54, 1.807) is 6.07 Å². The van der Waals surface area contributed by atoms with Crippen molar-refractivity contribution in [2.75, 3.05) is 13.1 Å². The Morgan fingerprint density at radius 2 is 1.66 bits per heavy atom. The number of carbonyl (C=O) groups is 1. The second kappa shape index (κ2) is 10.4. The number of benzene rings is 2. The smallest absolute Gasteiger partial charge is 0.267 e. The van der Waals surface area contributed by atoms with Crippen molar-refractivity contribution in [1.29, 1.82) is 0 Å². The van der Waals surface area contributed by atoms with Crippen molar-refractivity contribution in [3.8, 4) is 11.3 Å². The standard InChI is InChI=1S/C26H30N4O2/c1-20-13-15-29(16-14-20)18-23-10-6-5-9-22(23)17-27-25(31)19-30-26(32)12-11-24(28-30)21-7-3-2-4-8-21/h2-12,20H,13-19H2,1H3,(H,27,31). The number of nitrogens with one attached hydrogen (secondary N) is 1. The molecule has 32 heavy (non-hydrogen) atoms. The summed E-state index contributed by atoms with van der Waals surface area (Å²) >= 11 is 0. The van der Waals surface area contributed by atoms with Gasteiger partial charge in [-0.2, -0.15) is 5.10 Å². The predicted molar refractivity (Wildman–Crippen MR) is 126 cm³/mol. The second-order valence-electron chi connectivity index (χ2n) is 8.58. The molecule has 0 spiro atoms. The van der Waals surface area contributed by atoms with Crippen LogP contribution in [0.15, 0.2) is 71.5 Å². The molecule has 6 heteroatoms. The average molecular weight is 431 g/mol. The molecule has 0 bridgehead atoms. The molecule has 0 unspecified atom stereocenters. The minimum atomic E-state index is -0.292. The Bertz CT molecular complexity index is 1100. The molecule has 166 valence electrons. The largest absolute Gasteiger partial charge is 0.350 e. The van der Waals surface area contributed by atoms with Gasteiger partial charge in [-0.05, 0) is 49.0 Å². The van der Waals surface area contributed by atoms with E-state index in [0.717, 1.165) is 36.7 Å². The third-order valence-electron chi connectivity index (χ3n) is 6.09. The highest BCUT2D eigenvalue weighted by atomic mass is 16.2. The summed E-state index contributed by atoms with van der Waals surface area (Å²) in [4.78, 5) is 27.3. The zero-order valence-corrected chi connectivity index (χ0v) is 18.5. The Morgan fingerprint density at radius 1 is 0.969 bits per heavy atom. The van der Waals surface area contributed by atoms with Gasteiger partial charge in [0.1, 0.15) is 6.54 Å². The lowest BCUT2D eigenvalue weighted by molar-refractivity contribution is -0.122. The molecular weight excluding hydrogens is 400 g/mol. The Balaban J connectivity index is 1.38. The number of piperidine rings is 1. The van der Waals surface area contributed by atoms with Gasteiger partial charge < -0.3 is 5.32 Å². The van der Waals surface area contributed by atoms with Crippen molar-refractivity contribution < 1.29 is 4.79 Å². The van der Waals surface area contributed by atoms with Crippen LogP contribution in [0.25, 0.3) is 11.3 Å². The van der Waals surface area contributed by atoms with Crippen LogP contribution in [0.5, 0.6) is 0 Å². The number of hydrogen-bond acceptors (Lipinski definition) is 4. The number of hydrogen-bond donors (Lipinski definition) is 1. The monoisotopic (exact) mass is 430 g/mol. The fourth-order valence-electron chi connectivity index (χ4n) is 4.06. The third kappa shape index (κ3) is 5.71. The van der Waals surface area contributed by atoms with E-state index in [1.165, 1.54) is 29.2 Å². The molecule has 2 heterocycles. The maximum atomic E-state index is 12.6. The number of carbonyl (C=O) groups excluding carboxylic acids is 1. The van der Waals surface area contributed by atoms with E-state index in [-0.39, 0.29) is 18.0 Å². The van der Waals surface area contributed by atoms with Crippen LogP contribution in [-0.4, -0.2) is 33.7 Å². The van der Waals surface area contributed by atoms with E-state index < -0.39 is 0 Å². The van der Waals surface area contributed by atoms with Crippen molar-refractivity contribution in [2.45, 2.75) is 39.4 Å². The molecule has 0 saturated carbocycles. The van der Waals surface area contributed by atoms with Crippen LogP contribution in [0.2, 0.25) is 0 Å². The molecule has 1 saturated heterocycles. The fraction of sp³-hybridized carbons (Fsp3) is 0.346. The maximum Gasteiger partial charge on any atom is 0.267 e. The Kier molecular flexibility index (Phi) is 7.12. The van der Waals surface area contributed by atoms with Gasteiger partial charge in [-0.25, -0.2) is 4.68 Å². The van der Waals surface area contributed by atoms with Gasteiger partial charge in [0.05, 0.1) is 5.69 Å². The maximum absolute atomic E-state index is 12.6. The van der Waals surface area contributed by atoms with E-state index in [9.17, 15) is 9.59 Å².